The number of aryl methyl sites for hydroxylation is 1. The highest BCUT2D eigenvalue weighted by Crippen LogP contribution is 2.27. The molecule has 0 saturated heterocycles. The first kappa shape index (κ1) is 10.4. The third-order valence-electron chi connectivity index (χ3n) is 2.18. The van der Waals surface area contributed by atoms with E-state index in [1.54, 1.807) is 6.20 Å². The second kappa shape index (κ2) is 4.57. The first-order chi connectivity index (χ1) is 7.33. The van der Waals surface area contributed by atoms with Gasteiger partial charge in [-0.25, -0.2) is 0 Å². The molecule has 1 N–H and O–H groups in total. The fraction of sp³-hybridized carbons (Fsp3) is 0.273. The Kier molecular flexibility index (Phi) is 3.16. The van der Waals surface area contributed by atoms with Gasteiger partial charge in [-0.05, 0) is 34.5 Å². The Bertz CT molecular complexity index is 436. The standard InChI is InChI=1S/C11H12BrN3/c1-2-5-8-10(12)11(15-14-8)9-6-3-4-7-13-9/h3-4,6-7H,2,5H2,1H3,(H,14,15). The van der Waals surface area contributed by atoms with Crippen molar-refractivity contribution in [3.8, 4) is 11.4 Å². The summed E-state index contributed by atoms with van der Waals surface area (Å²) in [7, 11) is 0. The Balaban J connectivity index is 2.38. The molecule has 0 radical (unpaired) electrons. The number of halogens is 1. The van der Waals surface area contributed by atoms with Crippen LogP contribution in [0.25, 0.3) is 11.4 Å². The summed E-state index contributed by atoms with van der Waals surface area (Å²) in [6.45, 7) is 2.15. The molecule has 15 heavy (non-hydrogen) atoms. The van der Waals surface area contributed by atoms with Crippen LogP contribution < -0.4 is 0 Å². The van der Waals surface area contributed by atoms with Crippen molar-refractivity contribution in [2.24, 2.45) is 0 Å². The van der Waals surface area contributed by atoms with Gasteiger partial charge in [-0.3, -0.25) is 10.1 Å². The van der Waals surface area contributed by atoms with Gasteiger partial charge >= 0.3 is 0 Å². The summed E-state index contributed by atoms with van der Waals surface area (Å²) < 4.78 is 1.03. The lowest BCUT2D eigenvalue weighted by atomic mass is 10.2. The highest BCUT2D eigenvalue weighted by molar-refractivity contribution is 9.10. The van der Waals surface area contributed by atoms with E-state index in [0.717, 1.165) is 34.4 Å². The highest BCUT2D eigenvalue weighted by atomic mass is 79.9. The smallest absolute Gasteiger partial charge is 0.125 e. The third kappa shape index (κ3) is 2.09. The van der Waals surface area contributed by atoms with Crippen LogP contribution in [-0.2, 0) is 6.42 Å². The van der Waals surface area contributed by atoms with Crippen molar-refractivity contribution in [1.82, 2.24) is 15.2 Å². The number of rotatable bonds is 3. The first-order valence-electron chi connectivity index (χ1n) is 4.97. The number of aromatic nitrogens is 3. The Morgan fingerprint density at radius 2 is 2.27 bits per heavy atom. The van der Waals surface area contributed by atoms with Gasteiger partial charge < -0.3 is 0 Å². The lowest BCUT2D eigenvalue weighted by molar-refractivity contribution is 0.864. The van der Waals surface area contributed by atoms with Gasteiger partial charge in [0, 0.05) is 6.20 Å². The second-order valence-electron chi connectivity index (χ2n) is 3.33. The summed E-state index contributed by atoms with van der Waals surface area (Å²) >= 11 is 3.56. The SMILES string of the molecule is CCCc1[nH]nc(-c2ccccn2)c1Br. The molecule has 3 nitrogen and oxygen atoms in total. The molecule has 0 aliphatic carbocycles. The van der Waals surface area contributed by atoms with E-state index in [4.69, 9.17) is 0 Å². The number of hydrogen-bond acceptors (Lipinski definition) is 2. The number of H-pyrrole nitrogens is 1. The van der Waals surface area contributed by atoms with Crippen LogP contribution in [0.15, 0.2) is 28.9 Å². The number of nitrogens with one attached hydrogen (secondary N) is 1. The summed E-state index contributed by atoms with van der Waals surface area (Å²) in [6, 6.07) is 5.82. The minimum Gasteiger partial charge on any atom is -0.281 e. The maximum atomic E-state index is 4.27. The summed E-state index contributed by atoms with van der Waals surface area (Å²) in [5, 5.41) is 7.31. The molecule has 0 aromatic carbocycles. The van der Waals surface area contributed by atoms with Gasteiger partial charge in [-0.1, -0.05) is 19.4 Å². The second-order valence-corrected chi connectivity index (χ2v) is 4.12. The molecule has 0 atom stereocenters. The van der Waals surface area contributed by atoms with Crippen molar-refractivity contribution < 1.29 is 0 Å². The molecule has 2 aromatic rings. The molecule has 0 amide bonds. The van der Waals surface area contributed by atoms with Crippen LogP contribution in [0, 0.1) is 0 Å². The molecule has 4 heteroatoms. The summed E-state index contributed by atoms with van der Waals surface area (Å²) in [6.07, 6.45) is 3.87. The molecule has 0 aliphatic heterocycles. The molecular formula is C11H12BrN3. The minimum atomic E-state index is 0.888. The number of hydrogen-bond donors (Lipinski definition) is 1. The predicted octanol–water partition coefficient (Wildman–Crippen LogP) is 3.19. The molecule has 2 rings (SSSR count). The fourth-order valence-corrected chi connectivity index (χ4v) is 2.03. The van der Waals surface area contributed by atoms with Crippen molar-refractivity contribution in [2.75, 3.05) is 0 Å². The van der Waals surface area contributed by atoms with Crippen LogP contribution in [0.2, 0.25) is 0 Å². The molecule has 2 aromatic heterocycles. The van der Waals surface area contributed by atoms with Gasteiger partial charge in [0.25, 0.3) is 0 Å². The Morgan fingerprint density at radius 1 is 1.40 bits per heavy atom. The first-order valence-corrected chi connectivity index (χ1v) is 5.76. The van der Waals surface area contributed by atoms with E-state index < -0.39 is 0 Å². The maximum absolute atomic E-state index is 4.27. The van der Waals surface area contributed by atoms with E-state index in [1.165, 1.54) is 0 Å². The van der Waals surface area contributed by atoms with Crippen molar-refractivity contribution in [1.29, 1.82) is 0 Å². The largest absolute Gasteiger partial charge is 0.281 e. The Morgan fingerprint density at radius 3 is 2.93 bits per heavy atom. The van der Waals surface area contributed by atoms with Gasteiger partial charge in [-0.15, -0.1) is 0 Å². The molecule has 2 heterocycles. The van der Waals surface area contributed by atoms with Crippen molar-refractivity contribution in [3.05, 3.63) is 34.6 Å². The van der Waals surface area contributed by atoms with E-state index in [-0.39, 0.29) is 0 Å². The van der Waals surface area contributed by atoms with Gasteiger partial charge in [0.05, 0.1) is 15.9 Å². The van der Waals surface area contributed by atoms with E-state index in [9.17, 15) is 0 Å². The summed E-state index contributed by atoms with van der Waals surface area (Å²) in [5.41, 5.74) is 2.92. The van der Waals surface area contributed by atoms with Gasteiger partial charge in [0.2, 0.25) is 0 Å². The predicted molar refractivity (Wildman–Crippen MR) is 63.5 cm³/mol. The fourth-order valence-electron chi connectivity index (χ4n) is 1.45. The molecule has 0 aliphatic rings. The lowest BCUT2D eigenvalue weighted by Gasteiger charge is -1.96. The molecule has 0 saturated carbocycles. The van der Waals surface area contributed by atoms with E-state index >= 15 is 0 Å². The zero-order valence-corrected chi connectivity index (χ0v) is 10.1. The minimum absolute atomic E-state index is 0.888. The average Bonchev–Trinajstić information content (AvgIpc) is 2.63. The normalized spacial score (nSPS) is 10.5. The molecular weight excluding hydrogens is 254 g/mol. The van der Waals surface area contributed by atoms with Crippen LogP contribution >= 0.6 is 15.9 Å². The molecule has 0 bridgehead atoms. The van der Waals surface area contributed by atoms with Gasteiger partial charge in [0.1, 0.15) is 5.69 Å². The van der Waals surface area contributed by atoms with E-state index in [0.29, 0.717) is 0 Å². The van der Waals surface area contributed by atoms with Crippen LogP contribution in [0.1, 0.15) is 19.0 Å². The van der Waals surface area contributed by atoms with Crippen LogP contribution in [0.3, 0.4) is 0 Å². The molecule has 0 fully saturated rings. The summed E-state index contributed by atoms with van der Waals surface area (Å²) in [4.78, 5) is 4.27. The van der Waals surface area contributed by atoms with Gasteiger partial charge in [0.15, 0.2) is 0 Å². The Labute approximate surface area is 97.1 Å². The lowest BCUT2D eigenvalue weighted by Crippen LogP contribution is -1.84. The monoisotopic (exact) mass is 265 g/mol. The van der Waals surface area contributed by atoms with Crippen LogP contribution in [-0.4, -0.2) is 15.2 Å². The van der Waals surface area contributed by atoms with E-state index in [1.807, 2.05) is 18.2 Å². The number of aromatic amines is 1. The third-order valence-corrected chi connectivity index (χ3v) is 3.04. The quantitative estimate of drug-likeness (QED) is 0.926. The molecule has 0 spiro atoms. The number of nitrogens with zero attached hydrogens (tertiary/aromatic N) is 2. The zero-order valence-electron chi connectivity index (χ0n) is 8.50. The topological polar surface area (TPSA) is 41.6 Å². The average molecular weight is 266 g/mol. The van der Waals surface area contributed by atoms with E-state index in [2.05, 4.69) is 38.0 Å². The maximum Gasteiger partial charge on any atom is 0.125 e. The zero-order chi connectivity index (χ0) is 10.7. The number of pyridine rings is 1. The molecule has 78 valence electrons. The van der Waals surface area contributed by atoms with Crippen LogP contribution in [0.4, 0.5) is 0 Å². The van der Waals surface area contributed by atoms with Crippen molar-refractivity contribution in [2.45, 2.75) is 19.8 Å². The summed E-state index contributed by atoms with van der Waals surface area (Å²) in [5.74, 6) is 0. The van der Waals surface area contributed by atoms with Crippen molar-refractivity contribution >= 4 is 15.9 Å². The molecule has 0 unspecified atom stereocenters. The highest BCUT2D eigenvalue weighted by Gasteiger charge is 2.11. The van der Waals surface area contributed by atoms with Gasteiger partial charge in [-0.2, -0.15) is 5.10 Å². The van der Waals surface area contributed by atoms with Crippen molar-refractivity contribution in [3.63, 3.8) is 0 Å². The Hall–Kier alpha value is -1.16. The van der Waals surface area contributed by atoms with Crippen LogP contribution in [0.5, 0.6) is 0 Å².